The number of halogens is 1. The maximum absolute atomic E-state index is 13.1. The zero-order valence-corrected chi connectivity index (χ0v) is 10.8. The van der Waals surface area contributed by atoms with Gasteiger partial charge in [-0.25, -0.2) is 4.39 Å². The van der Waals surface area contributed by atoms with Gasteiger partial charge >= 0.3 is 0 Å². The minimum absolute atomic E-state index is 0.00255. The van der Waals surface area contributed by atoms with E-state index < -0.39 is 10.7 Å². The fourth-order valence-electron chi connectivity index (χ4n) is 2.04. The number of nitrogens with zero attached hydrogens (tertiary/aromatic N) is 1. The largest absolute Gasteiger partial charge is 0.317 e. The average molecular weight is 254 g/mol. The van der Waals surface area contributed by atoms with Crippen molar-refractivity contribution in [1.29, 1.82) is 0 Å². The van der Waals surface area contributed by atoms with Crippen molar-refractivity contribution in [3.8, 4) is 0 Å². The number of benzene rings is 1. The summed E-state index contributed by atoms with van der Waals surface area (Å²) in [6.45, 7) is 2.09. The number of hydrogen-bond donors (Lipinski definition) is 1. The van der Waals surface area contributed by atoms with Crippen LogP contribution in [0.5, 0.6) is 0 Å². The molecular weight excluding hydrogens is 235 g/mol. The molecule has 0 radical (unpaired) electrons. The lowest BCUT2D eigenvalue weighted by Gasteiger charge is -2.14. The molecule has 1 aromatic rings. The predicted octanol–water partition coefficient (Wildman–Crippen LogP) is 3.05. The molecule has 0 aliphatic heterocycles. The second-order valence-corrected chi connectivity index (χ2v) is 4.34. The van der Waals surface area contributed by atoms with Gasteiger partial charge in [0.2, 0.25) is 0 Å². The van der Waals surface area contributed by atoms with E-state index >= 15 is 0 Å². The van der Waals surface area contributed by atoms with Gasteiger partial charge in [0.15, 0.2) is 0 Å². The highest BCUT2D eigenvalue weighted by molar-refractivity contribution is 5.40. The van der Waals surface area contributed by atoms with Crippen LogP contribution in [0.1, 0.15) is 31.7 Å². The Morgan fingerprint density at radius 3 is 2.72 bits per heavy atom. The van der Waals surface area contributed by atoms with Gasteiger partial charge in [-0.05, 0) is 38.4 Å². The molecule has 0 aliphatic carbocycles. The molecule has 100 valence electrons. The third-order valence-corrected chi connectivity index (χ3v) is 3.05. The minimum Gasteiger partial charge on any atom is -0.317 e. The molecule has 0 aliphatic rings. The van der Waals surface area contributed by atoms with Crippen LogP contribution in [0.25, 0.3) is 0 Å². The van der Waals surface area contributed by atoms with Crippen LogP contribution in [-0.4, -0.2) is 18.0 Å². The molecule has 1 atom stereocenters. The number of rotatable bonds is 7. The van der Waals surface area contributed by atoms with Crippen molar-refractivity contribution in [2.24, 2.45) is 0 Å². The third kappa shape index (κ3) is 4.07. The van der Waals surface area contributed by atoms with Gasteiger partial charge < -0.3 is 5.32 Å². The van der Waals surface area contributed by atoms with Crippen LogP contribution in [0.3, 0.4) is 0 Å². The molecule has 0 bridgehead atoms. The van der Waals surface area contributed by atoms with E-state index in [1.165, 1.54) is 12.1 Å². The summed E-state index contributed by atoms with van der Waals surface area (Å²) >= 11 is 0. The fraction of sp³-hybridized carbons (Fsp3) is 0.538. The summed E-state index contributed by atoms with van der Waals surface area (Å²) in [5.41, 5.74) is 0.471. The standard InChI is InChI=1S/C13H19FN2O2/c1-3-4-12(15-2)7-5-10-9-11(14)6-8-13(10)16(17)18/h6,8-9,12,15H,3-5,7H2,1-2H3. The van der Waals surface area contributed by atoms with Crippen molar-refractivity contribution < 1.29 is 9.31 Å². The summed E-state index contributed by atoms with van der Waals surface area (Å²) in [5, 5.41) is 14.0. The van der Waals surface area contributed by atoms with Crippen LogP contribution < -0.4 is 5.32 Å². The van der Waals surface area contributed by atoms with Crippen LogP contribution in [0.4, 0.5) is 10.1 Å². The predicted molar refractivity (Wildman–Crippen MR) is 69.1 cm³/mol. The highest BCUT2D eigenvalue weighted by atomic mass is 19.1. The molecule has 0 saturated heterocycles. The molecule has 4 nitrogen and oxygen atoms in total. The van der Waals surface area contributed by atoms with Crippen molar-refractivity contribution in [2.75, 3.05) is 7.05 Å². The van der Waals surface area contributed by atoms with E-state index in [0.29, 0.717) is 18.0 Å². The molecule has 0 aromatic heterocycles. The summed E-state index contributed by atoms with van der Waals surface area (Å²) in [7, 11) is 1.88. The van der Waals surface area contributed by atoms with Crippen molar-refractivity contribution in [2.45, 2.75) is 38.6 Å². The smallest absolute Gasteiger partial charge is 0.272 e. The SMILES string of the molecule is CCCC(CCc1cc(F)ccc1[N+](=O)[O-])NC. The molecule has 1 rings (SSSR count). The highest BCUT2D eigenvalue weighted by Gasteiger charge is 2.15. The average Bonchev–Trinajstić information content (AvgIpc) is 2.34. The molecule has 5 heteroatoms. The fourth-order valence-corrected chi connectivity index (χ4v) is 2.04. The Bertz CT molecular complexity index is 410. The Hall–Kier alpha value is -1.49. The molecule has 0 saturated carbocycles. The first-order valence-corrected chi connectivity index (χ1v) is 6.18. The van der Waals surface area contributed by atoms with Gasteiger partial charge in [0, 0.05) is 17.7 Å². The van der Waals surface area contributed by atoms with E-state index in [-0.39, 0.29) is 5.69 Å². The van der Waals surface area contributed by atoms with Gasteiger partial charge in [0.25, 0.3) is 5.69 Å². The van der Waals surface area contributed by atoms with Crippen molar-refractivity contribution >= 4 is 5.69 Å². The van der Waals surface area contributed by atoms with Crippen molar-refractivity contribution in [1.82, 2.24) is 5.32 Å². The van der Waals surface area contributed by atoms with Gasteiger partial charge in [-0.3, -0.25) is 10.1 Å². The van der Waals surface area contributed by atoms with E-state index in [0.717, 1.165) is 25.3 Å². The molecule has 0 fully saturated rings. The molecule has 0 spiro atoms. The van der Waals surface area contributed by atoms with Crippen molar-refractivity contribution in [3.05, 3.63) is 39.7 Å². The topological polar surface area (TPSA) is 55.2 Å². The Morgan fingerprint density at radius 2 is 2.17 bits per heavy atom. The summed E-state index contributed by atoms with van der Waals surface area (Å²) in [6.07, 6.45) is 3.35. The lowest BCUT2D eigenvalue weighted by atomic mass is 10.0. The van der Waals surface area contributed by atoms with Gasteiger partial charge in [0.05, 0.1) is 4.92 Å². The summed E-state index contributed by atoms with van der Waals surface area (Å²) in [4.78, 5) is 10.4. The molecule has 0 heterocycles. The van der Waals surface area contributed by atoms with Gasteiger partial charge in [-0.1, -0.05) is 13.3 Å². The summed E-state index contributed by atoms with van der Waals surface area (Å²) in [5.74, 6) is -0.424. The molecule has 18 heavy (non-hydrogen) atoms. The van der Waals surface area contributed by atoms with Crippen LogP contribution >= 0.6 is 0 Å². The van der Waals surface area contributed by atoms with E-state index in [4.69, 9.17) is 0 Å². The number of nitrogens with one attached hydrogen (secondary N) is 1. The van der Waals surface area contributed by atoms with Crippen LogP contribution in [0.2, 0.25) is 0 Å². The number of nitro groups is 1. The molecule has 0 amide bonds. The van der Waals surface area contributed by atoms with Crippen LogP contribution in [-0.2, 0) is 6.42 Å². The maximum atomic E-state index is 13.1. The van der Waals surface area contributed by atoms with E-state index in [1.54, 1.807) is 0 Å². The molecule has 1 unspecified atom stereocenters. The Balaban J connectivity index is 2.76. The van der Waals surface area contributed by atoms with Crippen LogP contribution in [0, 0.1) is 15.9 Å². The minimum atomic E-state index is -0.455. The quantitative estimate of drug-likeness (QED) is 0.601. The van der Waals surface area contributed by atoms with Crippen LogP contribution in [0.15, 0.2) is 18.2 Å². The van der Waals surface area contributed by atoms with E-state index in [1.807, 2.05) is 7.05 Å². The zero-order valence-electron chi connectivity index (χ0n) is 10.8. The lowest BCUT2D eigenvalue weighted by Crippen LogP contribution is -2.25. The Labute approximate surface area is 106 Å². The van der Waals surface area contributed by atoms with E-state index in [2.05, 4.69) is 12.2 Å². The summed E-state index contributed by atoms with van der Waals surface area (Å²) in [6, 6.07) is 3.94. The first-order chi connectivity index (χ1) is 8.58. The number of aryl methyl sites for hydroxylation is 1. The second-order valence-electron chi connectivity index (χ2n) is 4.34. The first kappa shape index (κ1) is 14.6. The number of hydrogen-bond acceptors (Lipinski definition) is 3. The highest BCUT2D eigenvalue weighted by Crippen LogP contribution is 2.22. The van der Waals surface area contributed by atoms with Gasteiger partial charge in [-0.15, -0.1) is 0 Å². The van der Waals surface area contributed by atoms with Gasteiger partial charge in [-0.2, -0.15) is 0 Å². The Kier molecular flexibility index (Phi) is 5.71. The molecule has 1 aromatic carbocycles. The summed E-state index contributed by atoms with van der Waals surface area (Å²) < 4.78 is 13.1. The monoisotopic (exact) mass is 254 g/mol. The molecular formula is C13H19FN2O2. The van der Waals surface area contributed by atoms with Gasteiger partial charge in [0.1, 0.15) is 5.82 Å². The third-order valence-electron chi connectivity index (χ3n) is 3.05. The van der Waals surface area contributed by atoms with Crippen molar-refractivity contribution in [3.63, 3.8) is 0 Å². The maximum Gasteiger partial charge on any atom is 0.272 e. The Morgan fingerprint density at radius 1 is 1.44 bits per heavy atom. The molecule has 1 N–H and O–H groups in total. The second kappa shape index (κ2) is 7.06. The number of nitro benzene ring substituents is 1. The first-order valence-electron chi connectivity index (χ1n) is 6.18. The normalized spacial score (nSPS) is 12.4. The lowest BCUT2D eigenvalue weighted by molar-refractivity contribution is -0.385. The van der Waals surface area contributed by atoms with E-state index in [9.17, 15) is 14.5 Å². The zero-order chi connectivity index (χ0) is 13.5.